The minimum absolute atomic E-state index is 0.145. The first-order valence-corrected chi connectivity index (χ1v) is 24.8. The highest BCUT2D eigenvalue weighted by Crippen LogP contribution is 2.67. The lowest BCUT2D eigenvalue weighted by atomic mass is 9.47. The molecule has 1 saturated heterocycles. The molecular weight excluding hydrogens is 737 g/mol. The number of carbonyl (C=O) groups is 1. The SMILES string of the molecule is CCCCC/C=C\C/C=C\CCCCCCCC(=O)OCC1OC(OC2CCC3(C)C(=CCC4C3CCC3(C)C(C(C)CCC(C)C(C)C)CCC43)C2)C(O)C(O)C1O. The van der Waals surface area contributed by atoms with E-state index in [0.717, 1.165) is 106 Å². The molecule has 0 bridgehead atoms. The lowest BCUT2D eigenvalue weighted by Crippen LogP contribution is -2.60. The maximum atomic E-state index is 12.6. The highest BCUT2D eigenvalue weighted by Gasteiger charge is 2.59. The maximum Gasteiger partial charge on any atom is 0.305 e. The molecule has 0 spiro atoms. The van der Waals surface area contributed by atoms with Crippen molar-refractivity contribution in [3.05, 3.63) is 36.0 Å². The van der Waals surface area contributed by atoms with Crippen molar-refractivity contribution in [2.45, 2.75) is 227 Å². The second-order valence-corrected chi connectivity index (χ2v) is 20.9. The molecule has 1 heterocycles. The van der Waals surface area contributed by atoms with Crippen molar-refractivity contribution < 1.29 is 34.3 Å². The Kier molecular flexibility index (Phi) is 19.1. The van der Waals surface area contributed by atoms with Crippen LogP contribution >= 0.6 is 0 Å². The molecule has 4 fully saturated rings. The maximum absolute atomic E-state index is 12.6. The molecule has 0 amide bonds. The molecule has 3 saturated carbocycles. The summed E-state index contributed by atoms with van der Waals surface area (Å²) in [6.07, 6.45) is 29.8. The zero-order valence-electron chi connectivity index (χ0n) is 38.6. The van der Waals surface area contributed by atoms with Crippen LogP contribution in [0, 0.1) is 52.3 Å². The van der Waals surface area contributed by atoms with Crippen LogP contribution in [0.2, 0.25) is 0 Å². The third-order valence-electron chi connectivity index (χ3n) is 16.8. The Morgan fingerprint density at radius 3 is 2.27 bits per heavy atom. The lowest BCUT2D eigenvalue weighted by molar-refractivity contribution is -0.313. The van der Waals surface area contributed by atoms with Gasteiger partial charge in [0.15, 0.2) is 6.29 Å². The number of aliphatic hydroxyl groups is 3. The standard InChI is InChI=1S/C52H88O7/c1-8-9-10-11-12-13-14-15-16-17-18-19-20-21-22-23-46(53)57-35-45-47(54)48(55)49(56)50(59-45)58-40-30-32-51(6)39(34-40)26-27-41-43-29-28-42(52(43,7)33-31-44(41)51)38(5)25-24-37(4)36(2)3/h12-13,15-16,26,36-38,40-45,47-50,54-56H,8-11,14,17-25,27-35H2,1-7H3/b13-12-,16-15-. The summed E-state index contributed by atoms with van der Waals surface area (Å²) in [6, 6.07) is 0. The molecule has 3 N–H and O–H groups in total. The van der Waals surface area contributed by atoms with Crippen molar-refractivity contribution >= 4 is 5.97 Å². The van der Waals surface area contributed by atoms with E-state index in [1.165, 1.54) is 69.8 Å². The van der Waals surface area contributed by atoms with Crippen LogP contribution in [0.3, 0.4) is 0 Å². The number of carbonyl (C=O) groups excluding carboxylic acids is 1. The highest BCUT2D eigenvalue weighted by atomic mass is 16.7. The van der Waals surface area contributed by atoms with Crippen molar-refractivity contribution in [2.24, 2.45) is 52.3 Å². The van der Waals surface area contributed by atoms with Crippen LogP contribution in [0.5, 0.6) is 0 Å². The van der Waals surface area contributed by atoms with Gasteiger partial charge in [-0.05, 0) is 142 Å². The molecule has 0 radical (unpaired) electrons. The molecule has 5 rings (SSSR count). The number of rotatable bonds is 23. The summed E-state index contributed by atoms with van der Waals surface area (Å²) in [5.41, 5.74) is 2.12. The summed E-state index contributed by atoms with van der Waals surface area (Å²) in [5.74, 6) is 5.13. The van der Waals surface area contributed by atoms with Crippen LogP contribution in [0.1, 0.15) is 190 Å². The van der Waals surface area contributed by atoms with Crippen LogP contribution in [-0.2, 0) is 19.0 Å². The number of ether oxygens (including phenoxy) is 3. The summed E-state index contributed by atoms with van der Waals surface area (Å²) < 4.78 is 18.0. The molecule has 14 unspecified atom stereocenters. The van der Waals surface area contributed by atoms with Crippen molar-refractivity contribution in [1.29, 1.82) is 0 Å². The van der Waals surface area contributed by atoms with Gasteiger partial charge >= 0.3 is 5.97 Å². The van der Waals surface area contributed by atoms with E-state index in [1.54, 1.807) is 0 Å². The van der Waals surface area contributed by atoms with E-state index >= 15 is 0 Å². The fourth-order valence-corrected chi connectivity index (χ4v) is 12.5. The van der Waals surface area contributed by atoms with E-state index in [1.807, 2.05) is 0 Å². The van der Waals surface area contributed by atoms with Gasteiger partial charge in [-0.3, -0.25) is 4.79 Å². The summed E-state index contributed by atoms with van der Waals surface area (Å²) in [5, 5.41) is 32.5. The fourth-order valence-electron chi connectivity index (χ4n) is 12.5. The van der Waals surface area contributed by atoms with Gasteiger partial charge in [0.05, 0.1) is 6.10 Å². The Balaban J connectivity index is 1.02. The molecule has 7 nitrogen and oxygen atoms in total. The first-order valence-electron chi connectivity index (χ1n) is 24.8. The van der Waals surface area contributed by atoms with Crippen LogP contribution in [-0.4, -0.2) is 64.7 Å². The van der Waals surface area contributed by atoms with Gasteiger partial charge in [0.25, 0.3) is 0 Å². The number of aliphatic hydroxyl groups excluding tert-OH is 3. The molecule has 1 aliphatic heterocycles. The Labute approximate surface area is 360 Å². The largest absolute Gasteiger partial charge is 0.463 e. The number of hydrogen-bond donors (Lipinski definition) is 3. The van der Waals surface area contributed by atoms with Crippen molar-refractivity contribution in [3.63, 3.8) is 0 Å². The highest BCUT2D eigenvalue weighted by molar-refractivity contribution is 5.69. The molecule has 5 aliphatic rings. The molecule has 0 aromatic carbocycles. The monoisotopic (exact) mass is 825 g/mol. The molecule has 0 aromatic heterocycles. The summed E-state index contributed by atoms with van der Waals surface area (Å²) >= 11 is 0. The zero-order chi connectivity index (χ0) is 42.6. The van der Waals surface area contributed by atoms with E-state index in [0.29, 0.717) is 17.8 Å². The minimum atomic E-state index is -1.45. The Morgan fingerprint density at radius 2 is 1.54 bits per heavy atom. The van der Waals surface area contributed by atoms with E-state index < -0.39 is 30.7 Å². The molecule has 0 aromatic rings. The molecule has 4 aliphatic carbocycles. The predicted molar refractivity (Wildman–Crippen MR) is 239 cm³/mol. The van der Waals surface area contributed by atoms with Gasteiger partial charge in [-0.15, -0.1) is 0 Å². The van der Waals surface area contributed by atoms with Gasteiger partial charge < -0.3 is 29.5 Å². The summed E-state index contributed by atoms with van der Waals surface area (Å²) in [6.45, 7) is 17.0. The van der Waals surface area contributed by atoms with E-state index in [-0.39, 0.29) is 24.1 Å². The van der Waals surface area contributed by atoms with Gasteiger partial charge in [-0.1, -0.05) is 129 Å². The van der Waals surface area contributed by atoms with Crippen LogP contribution in [0.15, 0.2) is 36.0 Å². The Bertz CT molecular complexity index is 1360. The van der Waals surface area contributed by atoms with Crippen LogP contribution in [0.4, 0.5) is 0 Å². The van der Waals surface area contributed by atoms with Gasteiger partial charge in [-0.2, -0.15) is 0 Å². The van der Waals surface area contributed by atoms with Crippen molar-refractivity contribution in [2.75, 3.05) is 6.61 Å². The van der Waals surface area contributed by atoms with Crippen molar-refractivity contribution in [3.8, 4) is 0 Å². The van der Waals surface area contributed by atoms with Gasteiger partial charge in [-0.25, -0.2) is 0 Å². The topological polar surface area (TPSA) is 105 Å². The Morgan fingerprint density at radius 1 is 0.831 bits per heavy atom. The minimum Gasteiger partial charge on any atom is -0.463 e. The fraction of sp³-hybridized carbons (Fsp3) is 0.865. The number of fused-ring (bicyclic) bond motifs is 5. The first-order chi connectivity index (χ1) is 28.3. The quantitative estimate of drug-likeness (QED) is 0.0535. The average molecular weight is 825 g/mol. The van der Waals surface area contributed by atoms with Crippen LogP contribution in [0.25, 0.3) is 0 Å². The second kappa shape index (κ2) is 23.3. The number of esters is 1. The summed E-state index contributed by atoms with van der Waals surface area (Å²) in [4.78, 5) is 12.6. The molecule has 7 heteroatoms. The molecule has 14 atom stereocenters. The van der Waals surface area contributed by atoms with Crippen LogP contribution < -0.4 is 0 Å². The van der Waals surface area contributed by atoms with Gasteiger partial charge in [0, 0.05) is 6.42 Å². The molecule has 338 valence electrons. The third-order valence-corrected chi connectivity index (χ3v) is 16.8. The summed E-state index contributed by atoms with van der Waals surface area (Å²) in [7, 11) is 0. The van der Waals surface area contributed by atoms with Gasteiger partial charge in [0.2, 0.25) is 0 Å². The lowest BCUT2D eigenvalue weighted by Gasteiger charge is -2.58. The Hall–Kier alpha value is -1.51. The predicted octanol–water partition coefficient (Wildman–Crippen LogP) is 11.8. The number of allylic oxidation sites excluding steroid dienone is 5. The van der Waals surface area contributed by atoms with E-state index in [2.05, 4.69) is 78.8 Å². The van der Waals surface area contributed by atoms with E-state index in [4.69, 9.17) is 14.2 Å². The van der Waals surface area contributed by atoms with E-state index in [9.17, 15) is 20.1 Å². The second-order valence-electron chi connectivity index (χ2n) is 20.9. The molecule has 59 heavy (non-hydrogen) atoms. The normalized spacial score (nSPS) is 37.0. The third kappa shape index (κ3) is 12.6. The number of unbranched alkanes of at least 4 members (excludes halogenated alkanes) is 8. The van der Waals surface area contributed by atoms with Crippen molar-refractivity contribution in [1.82, 2.24) is 0 Å². The average Bonchev–Trinajstić information content (AvgIpc) is 3.58. The zero-order valence-corrected chi connectivity index (χ0v) is 38.6. The smallest absolute Gasteiger partial charge is 0.305 e. The molecular formula is C52H88O7. The first kappa shape index (κ1) is 48.5. The van der Waals surface area contributed by atoms with Gasteiger partial charge in [0.1, 0.15) is 31.0 Å². The number of hydrogen-bond acceptors (Lipinski definition) is 7.